The molecule has 1 heterocycles. The molecule has 1 aromatic rings. The first kappa shape index (κ1) is 11.6. The highest BCUT2D eigenvalue weighted by Gasteiger charge is 2.30. The second-order valence-electron chi connectivity index (χ2n) is 4.68. The zero-order valence-corrected chi connectivity index (χ0v) is 10.1. The van der Waals surface area contributed by atoms with Crippen LogP contribution in [0.3, 0.4) is 0 Å². The molecule has 0 atom stereocenters. The molecule has 2 rings (SSSR count). The highest BCUT2D eigenvalue weighted by molar-refractivity contribution is 6.09. The van der Waals surface area contributed by atoms with E-state index < -0.39 is 0 Å². The maximum atomic E-state index is 5.65. The summed E-state index contributed by atoms with van der Waals surface area (Å²) >= 11 is 0. The average Bonchev–Trinajstić information content (AvgIpc) is 2.28. The largest absolute Gasteiger partial charge is 0.404 e. The molecular formula is C13H18N4. The lowest BCUT2D eigenvalue weighted by molar-refractivity contribution is 0.281. The van der Waals surface area contributed by atoms with Crippen LogP contribution in [0.1, 0.15) is 31.9 Å². The first-order valence-electron chi connectivity index (χ1n) is 5.83. The molecule has 0 radical (unpaired) electrons. The molecule has 1 aromatic heterocycles. The van der Waals surface area contributed by atoms with Gasteiger partial charge in [0.05, 0.1) is 11.2 Å². The summed E-state index contributed by atoms with van der Waals surface area (Å²) in [5.74, 6) is 0.491. The van der Waals surface area contributed by atoms with E-state index in [-0.39, 0.29) is 5.54 Å². The van der Waals surface area contributed by atoms with Crippen LogP contribution in [0.15, 0.2) is 29.4 Å². The molecule has 0 spiro atoms. The van der Waals surface area contributed by atoms with Crippen LogP contribution in [0, 0.1) is 0 Å². The van der Waals surface area contributed by atoms with Gasteiger partial charge in [0.15, 0.2) is 0 Å². The third-order valence-electron chi connectivity index (χ3n) is 3.19. The van der Waals surface area contributed by atoms with Gasteiger partial charge >= 0.3 is 0 Å². The number of aromatic nitrogens is 1. The SMILES string of the molecule is CC1(N=C/C(=C\N)c2cccc(N)n2)CCC1. The smallest absolute Gasteiger partial charge is 0.124 e. The van der Waals surface area contributed by atoms with Crippen molar-refractivity contribution in [3.8, 4) is 0 Å². The number of pyridine rings is 1. The van der Waals surface area contributed by atoms with Gasteiger partial charge in [-0.1, -0.05) is 6.07 Å². The molecule has 1 aliphatic rings. The zero-order chi connectivity index (χ0) is 12.3. The number of nitrogens with zero attached hydrogens (tertiary/aromatic N) is 2. The van der Waals surface area contributed by atoms with Crippen LogP contribution in [0.2, 0.25) is 0 Å². The van der Waals surface area contributed by atoms with Crippen LogP contribution in [-0.2, 0) is 0 Å². The number of anilines is 1. The Balaban J connectivity index is 2.17. The van der Waals surface area contributed by atoms with E-state index in [0.29, 0.717) is 5.82 Å². The van der Waals surface area contributed by atoms with Crippen molar-refractivity contribution in [3.63, 3.8) is 0 Å². The van der Waals surface area contributed by atoms with Crippen LogP contribution in [0.5, 0.6) is 0 Å². The number of allylic oxidation sites excluding steroid dienone is 1. The number of rotatable bonds is 3. The topological polar surface area (TPSA) is 77.3 Å². The van der Waals surface area contributed by atoms with Crippen LogP contribution < -0.4 is 11.5 Å². The van der Waals surface area contributed by atoms with Crippen LogP contribution in [0.25, 0.3) is 5.57 Å². The molecule has 0 aromatic carbocycles. The van der Waals surface area contributed by atoms with Gasteiger partial charge in [0.25, 0.3) is 0 Å². The lowest BCUT2D eigenvalue weighted by atomic mass is 9.79. The first-order valence-corrected chi connectivity index (χ1v) is 5.83. The minimum atomic E-state index is 0.0919. The Bertz CT molecular complexity index is 458. The molecule has 4 nitrogen and oxygen atoms in total. The van der Waals surface area contributed by atoms with Gasteiger partial charge < -0.3 is 11.5 Å². The summed E-state index contributed by atoms with van der Waals surface area (Å²) in [7, 11) is 0. The summed E-state index contributed by atoms with van der Waals surface area (Å²) in [6.07, 6.45) is 6.87. The van der Waals surface area contributed by atoms with Gasteiger partial charge in [-0.05, 0) is 38.3 Å². The molecule has 0 bridgehead atoms. The average molecular weight is 230 g/mol. The van der Waals surface area contributed by atoms with Crippen LogP contribution >= 0.6 is 0 Å². The van der Waals surface area contributed by atoms with Crippen molar-refractivity contribution in [3.05, 3.63) is 30.1 Å². The monoisotopic (exact) mass is 230 g/mol. The Morgan fingerprint density at radius 3 is 2.76 bits per heavy atom. The van der Waals surface area contributed by atoms with Gasteiger partial charge in [-0.25, -0.2) is 4.98 Å². The van der Waals surface area contributed by atoms with Gasteiger partial charge in [-0.15, -0.1) is 0 Å². The summed E-state index contributed by atoms with van der Waals surface area (Å²) in [5.41, 5.74) is 12.9. The molecule has 90 valence electrons. The van der Waals surface area contributed by atoms with Crippen LogP contribution in [-0.4, -0.2) is 16.7 Å². The van der Waals surface area contributed by atoms with E-state index in [1.165, 1.54) is 12.6 Å². The maximum Gasteiger partial charge on any atom is 0.124 e. The fourth-order valence-electron chi connectivity index (χ4n) is 1.85. The summed E-state index contributed by atoms with van der Waals surface area (Å²) < 4.78 is 0. The second kappa shape index (κ2) is 4.57. The second-order valence-corrected chi connectivity index (χ2v) is 4.68. The number of nitrogens with two attached hydrogens (primary N) is 2. The quantitative estimate of drug-likeness (QED) is 0.779. The third-order valence-corrected chi connectivity index (χ3v) is 3.19. The fraction of sp³-hybridized carbons (Fsp3) is 0.385. The van der Waals surface area contributed by atoms with E-state index in [9.17, 15) is 0 Å². The Labute approximate surface area is 101 Å². The standard InChI is InChI=1S/C13H18N4/c1-13(6-3-7-13)16-9-10(8-14)11-4-2-5-12(15)17-11/h2,4-5,8-9H,3,6-7,14H2,1H3,(H2,15,17)/b10-8+,16-9?. The molecule has 1 aliphatic carbocycles. The molecule has 0 aliphatic heterocycles. The number of hydrogen-bond donors (Lipinski definition) is 2. The Morgan fingerprint density at radius 2 is 2.24 bits per heavy atom. The molecule has 0 saturated heterocycles. The van der Waals surface area contributed by atoms with E-state index in [1.54, 1.807) is 12.3 Å². The normalized spacial score (nSPS) is 19.2. The number of hydrogen-bond acceptors (Lipinski definition) is 4. The predicted molar refractivity (Wildman–Crippen MR) is 71.6 cm³/mol. The van der Waals surface area contributed by atoms with Crippen molar-refractivity contribution in [2.75, 3.05) is 5.73 Å². The molecule has 1 saturated carbocycles. The predicted octanol–water partition coefficient (Wildman–Crippen LogP) is 1.98. The summed E-state index contributed by atoms with van der Waals surface area (Å²) in [6, 6.07) is 5.49. The molecule has 17 heavy (non-hydrogen) atoms. The van der Waals surface area contributed by atoms with Gasteiger partial charge in [0.2, 0.25) is 0 Å². The van der Waals surface area contributed by atoms with Crippen molar-refractivity contribution < 1.29 is 0 Å². The minimum Gasteiger partial charge on any atom is -0.404 e. The zero-order valence-electron chi connectivity index (χ0n) is 10.1. The molecule has 0 amide bonds. The minimum absolute atomic E-state index is 0.0919. The van der Waals surface area contributed by atoms with Gasteiger partial charge in [0, 0.05) is 18.0 Å². The number of nitrogen functional groups attached to an aromatic ring is 1. The maximum absolute atomic E-state index is 5.65. The van der Waals surface area contributed by atoms with Crippen molar-refractivity contribution in [1.82, 2.24) is 4.98 Å². The van der Waals surface area contributed by atoms with Gasteiger partial charge in [0.1, 0.15) is 5.82 Å². The summed E-state index contributed by atoms with van der Waals surface area (Å²) in [6.45, 7) is 2.16. The van der Waals surface area contributed by atoms with Crippen molar-refractivity contribution in [2.24, 2.45) is 10.7 Å². The van der Waals surface area contributed by atoms with Crippen LogP contribution in [0.4, 0.5) is 5.82 Å². The van der Waals surface area contributed by atoms with E-state index in [2.05, 4.69) is 16.9 Å². The molecular weight excluding hydrogens is 212 g/mol. The van der Waals surface area contributed by atoms with Crippen molar-refractivity contribution in [1.29, 1.82) is 0 Å². The van der Waals surface area contributed by atoms with Crippen molar-refractivity contribution >= 4 is 17.6 Å². The Morgan fingerprint density at radius 1 is 1.47 bits per heavy atom. The summed E-state index contributed by atoms with van der Waals surface area (Å²) in [4.78, 5) is 8.81. The lowest BCUT2D eigenvalue weighted by Gasteiger charge is -2.34. The molecule has 4 heteroatoms. The van der Waals surface area contributed by atoms with Gasteiger partial charge in [-0.2, -0.15) is 0 Å². The van der Waals surface area contributed by atoms with E-state index in [0.717, 1.165) is 24.1 Å². The van der Waals surface area contributed by atoms with Crippen molar-refractivity contribution in [2.45, 2.75) is 31.7 Å². The first-order chi connectivity index (χ1) is 8.13. The third kappa shape index (κ3) is 2.64. The molecule has 0 unspecified atom stereocenters. The van der Waals surface area contributed by atoms with E-state index >= 15 is 0 Å². The Hall–Kier alpha value is -1.84. The summed E-state index contributed by atoms with van der Waals surface area (Å²) in [5, 5.41) is 0. The van der Waals surface area contributed by atoms with E-state index in [1.807, 2.05) is 12.1 Å². The highest BCUT2D eigenvalue weighted by Crippen LogP contribution is 2.35. The van der Waals surface area contributed by atoms with Gasteiger partial charge in [-0.3, -0.25) is 4.99 Å². The number of aliphatic imine (C=N–C) groups is 1. The fourth-order valence-corrected chi connectivity index (χ4v) is 1.85. The van der Waals surface area contributed by atoms with E-state index in [4.69, 9.17) is 11.5 Å². The lowest BCUT2D eigenvalue weighted by Crippen LogP contribution is -2.30. The Kier molecular flexibility index (Phi) is 3.13. The highest BCUT2D eigenvalue weighted by atomic mass is 14.9. The molecule has 1 fully saturated rings. The molecule has 4 N–H and O–H groups in total.